The van der Waals surface area contributed by atoms with E-state index in [9.17, 15) is 0 Å². The second-order valence-electron chi connectivity index (χ2n) is 4.65. The first-order valence-electron chi connectivity index (χ1n) is 5.99. The number of hydrogen-bond acceptors (Lipinski definition) is 0. The Labute approximate surface area is 101 Å². The third-order valence-electron chi connectivity index (χ3n) is 3.41. The van der Waals surface area contributed by atoms with Crippen molar-refractivity contribution in [3.8, 4) is 0 Å². The van der Waals surface area contributed by atoms with Crippen molar-refractivity contribution in [2.75, 3.05) is 0 Å². The zero-order valence-corrected chi connectivity index (χ0v) is 11.0. The first-order valence-corrected chi connectivity index (χ1v) is 6.91. The molecule has 1 fully saturated rings. The highest BCUT2D eigenvalue weighted by Crippen LogP contribution is 2.38. The van der Waals surface area contributed by atoms with Gasteiger partial charge in [-0.05, 0) is 42.7 Å². The highest BCUT2D eigenvalue weighted by molar-refractivity contribution is 9.09. The number of benzene rings is 1. The van der Waals surface area contributed by atoms with Crippen molar-refractivity contribution >= 4 is 15.9 Å². The number of alkyl halides is 1. The third-order valence-corrected chi connectivity index (χ3v) is 3.87. The van der Waals surface area contributed by atoms with Gasteiger partial charge in [-0.15, -0.1) is 0 Å². The molecule has 1 heteroatoms. The van der Waals surface area contributed by atoms with Gasteiger partial charge in [0, 0.05) is 4.83 Å². The fraction of sp³-hybridized carbons (Fsp3) is 0.571. The van der Waals surface area contributed by atoms with E-state index in [0.29, 0.717) is 4.83 Å². The normalized spacial score (nSPS) is 18.5. The summed E-state index contributed by atoms with van der Waals surface area (Å²) in [6, 6.07) is 9.01. The Morgan fingerprint density at radius 2 is 2.07 bits per heavy atom. The van der Waals surface area contributed by atoms with Crippen LogP contribution >= 0.6 is 15.9 Å². The number of hydrogen-bond donors (Lipinski definition) is 0. The molecule has 1 aromatic rings. The van der Waals surface area contributed by atoms with E-state index in [0.717, 1.165) is 5.92 Å². The molecular formula is C14H19Br. The fourth-order valence-corrected chi connectivity index (χ4v) is 2.46. The quantitative estimate of drug-likeness (QED) is 0.695. The van der Waals surface area contributed by atoms with Crippen molar-refractivity contribution < 1.29 is 0 Å². The monoisotopic (exact) mass is 266 g/mol. The van der Waals surface area contributed by atoms with Crippen molar-refractivity contribution in [2.24, 2.45) is 0 Å². The Bertz CT molecular complexity index is 313. The van der Waals surface area contributed by atoms with Gasteiger partial charge in [0.1, 0.15) is 0 Å². The molecule has 1 atom stereocenters. The van der Waals surface area contributed by atoms with Gasteiger partial charge in [0.05, 0.1) is 0 Å². The highest BCUT2D eigenvalue weighted by atomic mass is 79.9. The summed E-state index contributed by atoms with van der Waals surface area (Å²) in [5.41, 5.74) is 3.20. The summed E-state index contributed by atoms with van der Waals surface area (Å²) in [6.45, 7) is 2.23. The van der Waals surface area contributed by atoms with Crippen molar-refractivity contribution in [1.82, 2.24) is 0 Å². The lowest BCUT2D eigenvalue weighted by Crippen LogP contribution is -2.11. The summed E-state index contributed by atoms with van der Waals surface area (Å²) in [7, 11) is 0. The zero-order valence-electron chi connectivity index (χ0n) is 9.38. The summed E-state index contributed by atoms with van der Waals surface area (Å²) in [6.07, 6.45) is 6.69. The average Bonchev–Trinajstić information content (AvgIpc) is 2.14. The molecule has 0 N–H and O–H groups in total. The molecule has 0 aromatic heterocycles. The first-order chi connectivity index (χ1) is 7.27. The molecule has 1 aromatic carbocycles. The first kappa shape index (κ1) is 11.2. The van der Waals surface area contributed by atoms with E-state index in [4.69, 9.17) is 0 Å². The van der Waals surface area contributed by atoms with Crippen LogP contribution in [0.2, 0.25) is 0 Å². The topological polar surface area (TPSA) is 0 Å². The Hall–Kier alpha value is -0.300. The third kappa shape index (κ3) is 2.84. The van der Waals surface area contributed by atoms with Crippen molar-refractivity contribution in [3.63, 3.8) is 0 Å². The Balaban J connectivity index is 2.07. The Morgan fingerprint density at radius 3 is 2.67 bits per heavy atom. The van der Waals surface area contributed by atoms with Gasteiger partial charge in [0.25, 0.3) is 0 Å². The van der Waals surface area contributed by atoms with Gasteiger partial charge >= 0.3 is 0 Å². The Morgan fingerprint density at radius 1 is 1.33 bits per heavy atom. The largest absolute Gasteiger partial charge is 0.0894 e. The van der Waals surface area contributed by atoms with Crippen LogP contribution in [-0.4, -0.2) is 4.83 Å². The maximum Gasteiger partial charge on any atom is 0.0120 e. The van der Waals surface area contributed by atoms with Gasteiger partial charge in [-0.3, -0.25) is 0 Å². The summed E-state index contributed by atoms with van der Waals surface area (Å²) in [5, 5.41) is 0. The van der Waals surface area contributed by atoms with E-state index in [1.165, 1.54) is 32.1 Å². The van der Waals surface area contributed by atoms with E-state index in [2.05, 4.69) is 47.1 Å². The molecule has 0 radical (unpaired) electrons. The van der Waals surface area contributed by atoms with Crippen LogP contribution < -0.4 is 0 Å². The predicted molar refractivity (Wildman–Crippen MR) is 69.7 cm³/mol. The minimum absolute atomic E-state index is 0.631. The maximum absolute atomic E-state index is 3.62. The Kier molecular flexibility index (Phi) is 3.85. The van der Waals surface area contributed by atoms with Crippen molar-refractivity contribution in [2.45, 2.75) is 49.8 Å². The lowest BCUT2D eigenvalue weighted by molar-refractivity contribution is 0.417. The highest BCUT2D eigenvalue weighted by Gasteiger charge is 2.21. The lowest BCUT2D eigenvalue weighted by Gasteiger charge is -2.28. The SMILES string of the molecule is CC(Br)CCc1ccccc1C1CCC1. The van der Waals surface area contributed by atoms with Gasteiger partial charge in [-0.2, -0.15) is 0 Å². The van der Waals surface area contributed by atoms with Crippen LogP contribution in [0.15, 0.2) is 24.3 Å². The van der Waals surface area contributed by atoms with Crippen molar-refractivity contribution in [3.05, 3.63) is 35.4 Å². The molecule has 0 aliphatic heterocycles. The summed E-state index contributed by atoms with van der Waals surface area (Å²) < 4.78 is 0. The molecule has 82 valence electrons. The van der Waals surface area contributed by atoms with Crippen LogP contribution in [-0.2, 0) is 6.42 Å². The summed E-state index contributed by atoms with van der Waals surface area (Å²) >= 11 is 3.62. The molecule has 2 rings (SSSR count). The molecule has 1 aliphatic carbocycles. The molecule has 15 heavy (non-hydrogen) atoms. The van der Waals surface area contributed by atoms with Crippen molar-refractivity contribution in [1.29, 1.82) is 0 Å². The smallest absolute Gasteiger partial charge is 0.0120 e. The van der Waals surface area contributed by atoms with E-state index in [-0.39, 0.29) is 0 Å². The molecule has 1 aliphatic rings. The van der Waals surface area contributed by atoms with Crippen LogP contribution in [0.4, 0.5) is 0 Å². The molecule has 1 saturated carbocycles. The molecule has 0 saturated heterocycles. The second-order valence-corrected chi connectivity index (χ2v) is 6.21. The molecular weight excluding hydrogens is 248 g/mol. The molecule has 0 bridgehead atoms. The number of aryl methyl sites for hydroxylation is 1. The second kappa shape index (κ2) is 5.16. The van der Waals surface area contributed by atoms with E-state index in [1.54, 1.807) is 11.1 Å². The van der Waals surface area contributed by atoms with Crippen LogP contribution in [0.1, 0.15) is 49.7 Å². The van der Waals surface area contributed by atoms with Gasteiger partial charge in [-0.1, -0.05) is 53.5 Å². The maximum atomic E-state index is 3.62. The average molecular weight is 267 g/mol. The minimum Gasteiger partial charge on any atom is -0.0894 e. The van der Waals surface area contributed by atoms with Gasteiger partial charge in [0.2, 0.25) is 0 Å². The number of rotatable bonds is 4. The van der Waals surface area contributed by atoms with E-state index >= 15 is 0 Å². The molecule has 0 amide bonds. The molecule has 0 spiro atoms. The summed E-state index contributed by atoms with van der Waals surface area (Å²) in [4.78, 5) is 0.631. The zero-order chi connectivity index (χ0) is 10.7. The predicted octanol–water partition coefficient (Wildman–Crippen LogP) is 4.67. The lowest BCUT2D eigenvalue weighted by atomic mass is 9.77. The summed E-state index contributed by atoms with van der Waals surface area (Å²) in [5.74, 6) is 0.867. The number of halogens is 1. The minimum atomic E-state index is 0.631. The fourth-order valence-electron chi connectivity index (χ4n) is 2.23. The van der Waals surface area contributed by atoms with Crippen LogP contribution in [0, 0.1) is 0 Å². The molecule has 0 nitrogen and oxygen atoms in total. The van der Waals surface area contributed by atoms with Crippen LogP contribution in [0.5, 0.6) is 0 Å². The van der Waals surface area contributed by atoms with Crippen LogP contribution in [0.25, 0.3) is 0 Å². The van der Waals surface area contributed by atoms with Crippen LogP contribution in [0.3, 0.4) is 0 Å². The van der Waals surface area contributed by atoms with Gasteiger partial charge in [-0.25, -0.2) is 0 Å². The van der Waals surface area contributed by atoms with E-state index < -0.39 is 0 Å². The molecule has 1 unspecified atom stereocenters. The van der Waals surface area contributed by atoms with Gasteiger partial charge in [0.15, 0.2) is 0 Å². The van der Waals surface area contributed by atoms with E-state index in [1.807, 2.05) is 0 Å². The molecule has 0 heterocycles. The van der Waals surface area contributed by atoms with Gasteiger partial charge < -0.3 is 0 Å². The standard InChI is InChI=1S/C14H19Br/c1-11(15)9-10-13-5-2-3-8-14(13)12-6-4-7-12/h2-3,5,8,11-12H,4,6-7,9-10H2,1H3.